The van der Waals surface area contributed by atoms with Gasteiger partial charge in [0.15, 0.2) is 0 Å². The van der Waals surface area contributed by atoms with E-state index in [1.165, 1.54) is 0 Å². The van der Waals surface area contributed by atoms with Crippen molar-refractivity contribution in [2.75, 3.05) is 39.8 Å². The van der Waals surface area contributed by atoms with Crippen LogP contribution in [0, 0.1) is 0 Å². The highest BCUT2D eigenvalue weighted by molar-refractivity contribution is 5.51. The molecule has 1 fully saturated rings. The number of allylic oxidation sites excluding steroid dienone is 1. The molecule has 3 nitrogen and oxygen atoms in total. The molecule has 0 N–H and O–H groups in total. The number of carbonyl (C=O) groups excluding carboxylic acids is 1. The average Bonchev–Trinajstić information content (AvgIpc) is 2.15. The van der Waals surface area contributed by atoms with Gasteiger partial charge in [0.1, 0.15) is 6.29 Å². The lowest BCUT2D eigenvalue weighted by Crippen LogP contribution is -2.44. The summed E-state index contributed by atoms with van der Waals surface area (Å²) in [7, 11) is 2.15. The second-order valence-electron chi connectivity index (χ2n) is 3.48. The van der Waals surface area contributed by atoms with Gasteiger partial charge in [0.05, 0.1) is 0 Å². The summed E-state index contributed by atoms with van der Waals surface area (Å²) in [5, 5.41) is 0. The SMILES string of the molecule is CN1CCN(C/C=C/CC=O)CC1. The highest BCUT2D eigenvalue weighted by Crippen LogP contribution is 1.98. The molecule has 0 amide bonds. The van der Waals surface area contributed by atoms with Crippen LogP contribution >= 0.6 is 0 Å². The second kappa shape index (κ2) is 5.89. The Morgan fingerprint density at radius 3 is 2.46 bits per heavy atom. The number of aldehydes is 1. The number of hydrogen-bond acceptors (Lipinski definition) is 3. The van der Waals surface area contributed by atoms with E-state index in [2.05, 4.69) is 22.9 Å². The molecule has 0 atom stereocenters. The number of carbonyl (C=O) groups is 1. The number of hydrogen-bond donors (Lipinski definition) is 0. The number of nitrogens with zero attached hydrogens (tertiary/aromatic N) is 2. The van der Waals surface area contributed by atoms with Crippen LogP contribution in [0.5, 0.6) is 0 Å². The number of piperazine rings is 1. The monoisotopic (exact) mass is 182 g/mol. The molecule has 0 radical (unpaired) electrons. The molecular formula is C10H18N2O. The van der Waals surface area contributed by atoms with Crippen molar-refractivity contribution in [3.63, 3.8) is 0 Å². The quantitative estimate of drug-likeness (QED) is 0.464. The maximum absolute atomic E-state index is 10.0. The van der Waals surface area contributed by atoms with E-state index in [9.17, 15) is 4.79 Å². The molecule has 0 spiro atoms. The molecule has 1 aliphatic rings. The summed E-state index contributed by atoms with van der Waals surface area (Å²) in [5.74, 6) is 0. The second-order valence-corrected chi connectivity index (χ2v) is 3.48. The van der Waals surface area contributed by atoms with Crippen LogP contribution in [0.25, 0.3) is 0 Å². The fraction of sp³-hybridized carbons (Fsp3) is 0.700. The fourth-order valence-corrected chi connectivity index (χ4v) is 1.41. The third-order valence-electron chi connectivity index (χ3n) is 2.36. The van der Waals surface area contributed by atoms with Gasteiger partial charge in [0.2, 0.25) is 0 Å². The molecule has 0 aromatic heterocycles. The van der Waals surface area contributed by atoms with Gasteiger partial charge in [0.25, 0.3) is 0 Å². The van der Waals surface area contributed by atoms with Gasteiger partial charge in [-0.2, -0.15) is 0 Å². The largest absolute Gasteiger partial charge is 0.304 e. The molecule has 0 bridgehead atoms. The van der Waals surface area contributed by atoms with E-state index in [1.54, 1.807) is 0 Å². The minimum absolute atomic E-state index is 0.549. The van der Waals surface area contributed by atoms with Crippen molar-refractivity contribution >= 4 is 6.29 Å². The molecule has 0 unspecified atom stereocenters. The van der Waals surface area contributed by atoms with E-state index in [1.807, 2.05) is 6.08 Å². The minimum atomic E-state index is 0.549. The summed E-state index contributed by atoms with van der Waals surface area (Å²) in [5.41, 5.74) is 0. The van der Waals surface area contributed by atoms with E-state index in [0.29, 0.717) is 6.42 Å². The molecule has 1 heterocycles. The number of rotatable bonds is 4. The van der Waals surface area contributed by atoms with Crippen molar-refractivity contribution < 1.29 is 4.79 Å². The van der Waals surface area contributed by atoms with Crippen LogP contribution in [0.3, 0.4) is 0 Å². The highest BCUT2D eigenvalue weighted by atomic mass is 16.1. The summed E-state index contributed by atoms with van der Waals surface area (Å²) in [6, 6.07) is 0. The first-order valence-electron chi connectivity index (χ1n) is 4.82. The van der Waals surface area contributed by atoms with Gasteiger partial charge >= 0.3 is 0 Å². The lowest BCUT2D eigenvalue weighted by atomic mass is 10.3. The molecule has 0 aromatic carbocycles. The zero-order valence-corrected chi connectivity index (χ0v) is 8.28. The first-order chi connectivity index (χ1) is 6.33. The normalized spacial score (nSPS) is 21.0. The van der Waals surface area contributed by atoms with Gasteiger partial charge in [-0.1, -0.05) is 12.2 Å². The lowest BCUT2D eigenvalue weighted by molar-refractivity contribution is -0.107. The minimum Gasteiger partial charge on any atom is -0.304 e. The zero-order chi connectivity index (χ0) is 9.52. The summed E-state index contributed by atoms with van der Waals surface area (Å²) in [4.78, 5) is 14.8. The predicted molar refractivity (Wildman–Crippen MR) is 53.8 cm³/mol. The average molecular weight is 182 g/mol. The van der Waals surface area contributed by atoms with E-state index in [4.69, 9.17) is 0 Å². The topological polar surface area (TPSA) is 23.6 Å². The first kappa shape index (κ1) is 10.4. The molecule has 1 rings (SSSR count). The van der Waals surface area contributed by atoms with Crippen LogP contribution in [0.2, 0.25) is 0 Å². The summed E-state index contributed by atoms with van der Waals surface area (Å²) in [6.07, 6.45) is 5.50. The van der Waals surface area contributed by atoms with E-state index in [0.717, 1.165) is 39.0 Å². The van der Waals surface area contributed by atoms with Crippen LogP contribution in [0.15, 0.2) is 12.2 Å². The Hall–Kier alpha value is -0.670. The van der Waals surface area contributed by atoms with Gasteiger partial charge in [-0.05, 0) is 7.05 Å². The van der Waals surface area contributed by atoms with Crippen LogP contribution in [0.1, 0.15) is 6.42 Å². The Morgan fingerprint density at radius 2 is 1.85 bits per heavy atom. The molecule has 74 valence electrons. The third-order valence-corrected chi connectivity index (χ3v) is 2.36. The van der Waals surface area contributed by atoms with Crippen molar-refractivity contribution in [3.05, 3.63) is 12.2 Å². The van der Waals surface area contributed by atoms with Crippen molar-refractivity contribution in [1.29, 1.82) is 0 Å². The van der Waals surface area contributed by atoms with Gasteiger partial charge in [0, 0.05) is 39.1 Å². The van der Waals surface area contributed by atoms with Crippen molar-refractivity contribution in [1.82, 2.24) is 9.80 Å². The van der Waals surface area contributed by atoms with Crippen LogP contribution in [-0.2, 0) is 4.79 Å². The van der Waals surface area contributed by atoms with Crippen LogP contribution in [0.4, 0.5) is 0 Å². The van der Waals surface area contributed by atoms with E-state index in [-0.39, 0.29) is 0 Å². The van der Waals surface area contributed by atoms with Crippen molar-refractivity contribution in [2.24, 2.45) is 0 Å². The standard InChI is InChI=1S/C10H18N2O/c1-11-6-8-12(9-7-11)5-3-2-4-10-13/h2-3,10H,4-9H2,1H3/b3-2+. The van der Waals surface area contributed by atoms with Gasteiger partial charge in [-0.15, -0.1) is 0 Å². The third kappa shape index (κ3) is 4.20. The Morgan fingerprint density at radius 1 is 1.15 bits per heavy atom. The molecule has 0 aromatic rings. The summed E-state index contributed by atoms with van der Waals surface area (Å²) < 4.78 is 0. The molecule has 1 aliphatic heterocycles. The fourth-order valence-electron chi connectivity index (χ4n) is 1.41. The predicted octanol–water partition coefficient (Wildman–Crippen LogP) is 0.379. The smallest absolute Gasteiger partial charge is 0.123 e. The highest BCUT2D eigenvalue weighted by Gasteiger charge is 2.11. The van der Waals surface area contributed by atoms with Gasteiger partial charge in [-0.3, -0.25) is 4.90 Å². The molecular weight excluding hydrogens is 164 g/mol. The van der Waals surface area contributed by atoms with Gasteiger partial charge in [-0.25, -0.2) is 0 Å². The molecule has 1 saturated heterocycles. The molecule has 3 heteroatoms. The Bertz CT molecular complexity index is 172. The van der Waals surface area contributed by atoms with E-state index >= 15 is 0 Å². The van der Waals surface area contributed by atoms with Crippen LogP contribution < -0.4 is 0 Å². The van der Waals surface area contributed by atoms with Crippen molar-refractivity contribution in [2.45, 2.75) is 6.42 Å². The molecule has 0 saturated carbocycles. The van der Waals surface area contributed by atoms with E-state index < -0.39 is 0 Å². The molecule has 0 aliphatic carbocycles. The van der Waals surface area contributed by atoms with Crippen LogP contribution in [-0.4, -0.2) is 55.9 Å². The zero-order valence-electron chi connectivity index (χ0n) is 8.28. The maximum atomic E-state index is 10.0. The summed E-state index contributed by atoms with van der Waals surface area (Å²) >= 11 is 0. The van der Waals surface area contributed by atoms with Gasteiger partial charge < -0.3 is 9.69 Å². The Balaban J connectivity index is 2.11. The maximum Gasteiger partial charge on any atom is 0.123 e. The van der Waals surface area contributed by atoms with Crippen molar-refractivity contribution in [3.8, 4) is 0 Å². The summed E-state index contributed by atoms with van der Waals surface area (Å²) in [6.45, 7) is 5.58. The lowest BCUT2D eigenvalue weighted by Gasteiger charge is -2.31. The Labute approximate surface area is 80.0 Å². The first-order valence-corrected chi connectivity index (χ1v) is 4.82. The number of likely N-dealkylation sites (N-methyl/N-ethyl adjacent to an activating group) is 1. The Kier molecular flexibility index (Phi) is 4.72. The molecule has 13 heavy (non-hydrogen) atoms.